The van der Waals surface area contributed by atoms with Gasteiger partial charge in [-0.3, -0.25) is 4.79 Å². The highest BCUT2D eigenvalue weighted by Crippen LogP contribution is 2.13. The van der Waals surface area contributed by atoms with Crippen molar-refractivity contribution in [2.24, 2.45) is 0 Å². The lowest BCUT2D eigenvalue weighted by molar-refractivity contribution is -0.127. The zero-order valence-electron chi connectivity index (χ0n) is 11.7. The first-order valence-corrected chi connectivity index (χ1v) is 6.61. The zero-order valence-corrected chi connectivity index (χ0v) is 11.7. The molecule has 1 amide bonds. The molecule has 0 aliphatic heterocycles. The van der Waals surface area contributed by atoms with Gasteiger partial charge in [0.05, 0.1) is 18.0 Å². The Kier molecular flexibility index (Phi) is 4.94. The molecule has 6 nitrogen and oxygen atoms in total. The van der Waals surface area contributed by atoms with Crippen LogP contribution in [0.5, 0.6) is 5.75 Å². The summed E-state index contributed by atoms with van der Waals surface area (Å²) in [7, 11) is 0. The van der Waals surface area contributed by atoms with Crippen molar-refractivity contribution in [3.05, 3.63) is 48.0 Å². The summed E-state index contributed by atoms with van der Waals surface area (Å²) >= 11 is 0. The molecule has 0 saturated heterocycles. The van der Waals surface area contributed by atoms with Crippen molar-refractivity contribution < 1.29 is 9.53 Å². The van der Waals surface area contributed by atoms with Crippen LogP contribution in [0.4, 0.5) is 0 Å². The maximum absolute atomic E-state index is 11.9. The summed E-state index contributed by atoms with van der Waals surface area (Å²) in [5.74, 6) is 0.379. The summed E-state index contributed by atoms with van der Waals surface area (Å²) in [5.41, 5.74) is 1.52. The number of carbonyl (C=O) groups excluding carboxylic acids is 1. The third-order valence-electron chi connectivity index (χ3n) is 2.91. The Morgan fingerprint density at radius 3 is 2.86 bits per heavy atom. The smallest absolute Gasteiger partial charge is 0.260 e. The number of H-pyrrole nitrogens is 1. The fraction of sp³-hybridized carbons (Fsp3) is 0.267. The van der Waals surface area contributed by atoms with E-state index < -0.39 is 6.10 Å². The van der Waals surface area contributed by atoms with Crippen LogP contribution >= 0.6 is 0 Å². The van der Waals surface area contributed by atoms with Crippen molar-refractivity contribution in [3.63, 3.8) is 0 Å². The highest BCUT2D eigenvalue weighted by molar-refractivity contribution is 5.80. The minimum atomic E-state index is -0.597. The topological polar surface area (TPSA) is 90.8 Å². The Balaban J connectivity index is 1.77. The highest BCUT2D eigenvalue weighted by Gasteiger charge is 2.14. The number of carbonyl (C=O) groups is 1. The predicted octanol–water partition coefficient (Wildman–Crippen LogP) is 1.41. The molecular formula is C15H16N4O2. The maximum atomic E-state index is 11.9. The molecule has 0 aliphatic carbocycles. The number of amides is 1. The summed E-state index contributed by atoms with van der Waals surface area (Å²) in [6.45, 7) is 2.20. The zero-order chi connectivity index (χ0) is 15.1. The normalized spacial score (nSPS) is 11.4. The second-order valence-electron chi connectivity index (χ2n) is 4.51. The van der Waals surface area contributed by atoms with E-state index in [0.717, 1.165) is 5.69 Å². The fourth-order valence-corrected chi connectivity index (χ4v) is 1.75. The molecule has 108 valence electrons. The van der Waals surface area contributed by atoms with Crippen LogP contribution in [0.1, 0.15) is 18.2 Å². The first kappa shape index (κ1) is 14.6. The van der Waals surface area contributed by atoms with E-state index in [0.29, 0.717) is 24.3 Å². The van der Waals surface area contributed by atoms with Gasteiger partial charge >= 0.3 is 0 Å². The monoisotopic (exact) mass is 284 g/mol. The van der Waals surface area contributed by atoms with E-state index in [9.17, 15) is 4.79 Å². The maximum Gasteiger partial charge on any atom is 0.260 e. The molecule has 0 saturated carbocycles. The molecule has 0 aliphatic rings. The second kappa shape index (κ2) is 7.10. The van der Waals surface area contributed by atoms with Gasteiger partial charge in [-0.15, -0.1) is 0 Å². The van der Waals surface area contributed by atoms with Gasteiger partial charge in [-0.05, 0) is 31.2 Å². The van der Waals surface area contributed by atoms with Crippen LogP contribution in [0.3, 0.4) is 0 Å². The van der Waals surface area contributed by atoms with Crippen molar-refractivity contribution in [1.82, 2.24) is 15.3 Å². The third kappa shape index (κ3) is 4.35. The average Bonchev–Trinajstić information content (AvgIpc) is 3.01. The van der Waals surface area contributed by atoms with E-state index in [-0.39, 0.29) is 5.91 Å². The lowest BCUT2D eigenvalue weighted by Crippen LogP contribution is -2.37. The van der Waals surface area contributed by atoms with Crippen LogP contribution in [-0.2, 0) is 11.2 Å². The van der Waals surface area contributed by atoms with Gasteiger partial charge in [-0.25, -0.2) is 4.98 Å². The molecule has 0 radical (unpaired) electrons. The molecule has 2 aromatic rings. The molecule has 21 heavy (non-hydrogen) atoms. The van der Waals surface area contributed by atoms with Gasteiger partial charge in [-0.2, -0.15) is 5.26 Å². The second-order valence-corrected chi connectivity index (χ2v) is 4.51. The molecule has 1 heterocycles. The molecule has 6 heteroatoms. The van der Waals surface area contributed by atoms with Gasteiger partial charge in [0.15, 0.2) is 6.10 Å². The van der Waals surface area contributed by atoms with E-state index in [2.05, 4.69) is 15.3 Å². The van der Waals surface area contributed by atoms with Crippen molar-refractivity contribution in [2.45, 2.75) is 19.4 Å². The Morgan fingerprint density at radius 1 is 1.48 bits per heavy atom. The van der Waals surface area contributed by atoms with E-state index in [1.165, 1.54) is 0 Å². The fourth-order valence-electron chi connectivity index (χ4n) is 1.75. The number of nitriles is 1. The molecule has 2 N–H and O–H groups in total. The summed E-state index contributed by atoms with van der Waals surface area (Å²) in [5, 5.41) is 11.5. The summed E-state index contributed by atoms with van der Waals surface area (Å²) in [6.07, 6.45) is 3.42. The number of nitrogens with one attached hydrogen (secondary N) is 2. The number of hydrogen-bond acceptors (Lipinski definition) is 4. The molecular weight excluding hydrogens is 268 g/mol. The van der Waals surface area contributed by atoms with E-state index >= 15 is 0 Å². The number of aromatic nitrogens is 2. The molecule has 1 atom stereocenters. The number of hydrogen-bond donors (Lipinski definition) is 2. The minimum Gasteiger partial charge on any atom is -0.481 e. The van der Waals surface area contributed by atoms with Crippen LogP contribution < -0.4 is 10.1 Å². The number of rotatable bonds is 6. The van der Waals surface area contributed by atoms with Crippen LogP contribution in [0.15, 0.2) is 36.8 Å². The molecule has 1 aromatic heterocycles. The quantitative estimate of drug-likeness (QED) is 0.839. The Labute approximate surface area is 122 Å². The molecule has 0 spiro atoms. The number of imidazole rings is 1. The lowest BCUT2D eigenvalue weighted by atomic mass is 10.2. The van der Waals surface area contributed by atoms with Crippen molar-refractivity contribution >= 4 is 5.91 Å². The first-order chi connectivity index (χ1) is 10.2. The summed E-state index contributed by atoms with van der Waals surface area (Å²) in [6, 6.07) is 8.68. The molecule has 2 rings (SSSR count). The summed E-state index contributed by atoms with van der Waals surface area (Å²) < 4.78 is 5.52. The van der Waals surface area contributed by atoms with Gasteiger partial charge in [0.1, 0.15) is 5.75 Å². The molecule has 1 unspecified atom stereocenters. The van der Waals surface area contributed by atoms with Gasteiger partial charge in [0.25, 0.3) is 5.91 Å². The molecule has 1 aromatic carbocycles. The van der Waals surface area contributed by atoms with Gasteiger partial charge < -0.3 is 15.0 Å². The summed E-state index contributed by atoms with van der Waals surface area (Å²) in [4.78, 5) is 18.8. The van der Waals surface area contributed by atoms with Crippen molar-refractivity contribution in [2.75, 3.05) is 6.54 Å². The standard InChI is InChI=1S/C15H16N4O2/c1-11(21-14-4-2-12(8-16)3-5-14)15(20)18-7-6-13-9-17-10-19-13/h2-5,9-11H,6-7H2,1H3,(H,17,19)(H,18,20). The minimum absolute atomic E-state index is 0.182. The number of ether oxygens (including phenoxy) is 1. The van der Waals surface area contributed by atoms with Crippen LogP contribution in [0, 0.1) is 11.3 Å². The SMILES string of the molecule is CC(Oc1ccc(C#N)cc1)C(=O)NCCc1cnc[nH]1. The van der Waals surface area contributed by atoms with Gasteiger partial charge in [-0.1, -0.05) is 0 Å². The lowest BCUT2D eigenvalue weighted by Gasteiger charge is -2.14. The predicted molar refractivity (Wildman–Crippen MR) is 76.5 cm³/mol. The largest absolute Gasteiger partial charge is 0.481 e. The Morgan fingerprint density at radius 2 is 2.24 bits per heavy atom. The van der Waals surface area contributed by atoms with E-state index in [4.69, 9.17) is 10.00 Å². The van der Waals surface area contributed by atoms with E-state index in [1.807, 2.05) is 6.07 Å². The average molecular weight is 284 g/mol. The Hall–Kier alpha value is -2.81. The van der Waals surface area contributed by atoms with E-state index in [1.54, 1.807) is 43.7 Å². The third-order valence-corrected chi connectivity index (χ3v) is 2.91. The molecule has 0 fully saturated rings. The van der Waals surface area contributed by atoms with Crippen LogP contribution in [0.2, 0.25) is 0 Å². The van der Waals surface area contributed by atoms with Crippen LogP contribution in [-0.4, -0.2) is 28.5 Å². The number of benzene rings is 1. The van der Waals surface area contributed by atoms with Crippen LogP contribution in [0.25, 0.3) is 0 Å². The number of aromatic amines is 1. The molecule has 0 bridgehead atoms. The van der Waals surface area contributed by atoms with Gasteiger partial charge in [0.2, 0.25) is 0 Å². The van der Waals surface area contributed by atoms with Crippen molar-refractivity contribution in [3.8, 4) is 11.8 Å². The Bertz CT molecular complexity index is 614. The van der Waals surface area contributed by atoms with Gasteiger partial charge in [0, 0.05) is 24.9 Å². The number of nitrogens with zero attached hydrogens (tertiary/aromatic N) is 2. The highest BCUT2D eigenvalue weighted by atomic mass is 16.5. The van der Waals surface area contributed by atoms with Crippen molar-refractivity contribution in [1.29, 1.82) is 5.26 Å². The first-order valence-electron chi connectivity index (χ1n) is 6.61.